The van der Waals surface area contributed by atoms with Crippen molar-refractivity contribution in [3.63, 3.8) is 0 Å². The summed E-state index contributed by atoms with van der Waals surface area (Å²) in [6.07, 6.45) is 2.31. The molecule has 0 spiro atoms. The highest BCUT2D eigenvalue weighted by atomic mass is 19.1. The average molecular weight is 313 g/mol. The van der Waals surface area contributed by atoms with E-state index >= 15 is 0 Å². The Kier molecular flexibility index (Phi) is 3.61. The quantitative estimate of drug-likeness (QED) is 0.781. The van der Waals surface area contributed by atoms with E-state index in [9.17, 15) is 4.39 Å². The highest BCUT2D eigenvalue weighted by molar-refractivity contribution is 5.75. The molecule has 6 heteroatoms. The van der Waals surface area contributed by atoms with E-state index < -0.39 is 0 Å². The fourth-order valence-corrected chi connectivity index (χ4v) is 3.42. The van der Waals surface area contributed by atoms with Gasteiger partial charge >= 0.3 is 0 Å². The lowest BCUT2D eigenvalue weighted by Crippen LogP contribution is -2.34. The number of hydrogen-bond acceptors (Lipinski definition) is 3. The van der Waals surface area contributed by atoms with Crippen LogP contribution in [0.25, 0.3) is 11.0 Å². The van der Waals surface area contributed by atoms with Gasteiger partial charge in [0.25, 0.3) is 0 Å². The SMILES string of the molecule is Cc1cc([C@@H]2CCCN(Cc3nc4c(F)cccc4[nH]3)C2)n[nH]1. The van der Waals surface area contributed by atoms with Gasteiger partial charge in [-0.25, -0.2) is 9.37 Å². The van der Waals surface area contributed by atoms with Crippen molar-refractivity contribution in [1.29, 1.82) is 0 Å². The van der Waals surface area contributed by atoms with Crippen LogP contribution in [0.2, 0.25) is 0 Å². The van der Waals surface area contributed by atoms with Gasteiger partial charge in [0.05, 0.1) is 17.8 Å². The number of nitrogens with one attached hydrogen (secondary N) is 2. The molecule has 0 aliphatic carbocycles. The molecule has 3 heterocycles. The summed E-state index contributed by atoms with van der Waals surface area (Å²) in [6, 6.07) is 7.14. The molecule has 23 heavy (non-hydrogen) atoms. The lowest BCUT2D eigenvalue weighted by Gasteiger charge is -2.31. The monoisotopic (exact) mass is 313 g/mol. The molecule has 2 N–H and O–H groups in total. The van der Waals surface area contributed by atoms with Crippen molar-refractivity contribution in [2.75, 3.05) is 13.1 Å². The zero-order chi connectivity index (χ0) is 15.8. The Morgan fingerprint density at radius 1 is 1.39 bits per heavy atom. The van der Waals surface area contributed by atoms with E-state index in [1.807, 2.05) is 13.0 Å². The minimum absolute atomic E-state index is 0.270. The smallest absolute Gasteiger partial charge is 0.151 e. The molecule has 5 nitrogen and oxygen atoms in total. The number of rotatable bonds is 3. The van der Waals surface area contributed by atoms with Crippen molar-refractivity contribution in [3.8, 4) is 0 Å². The van der Waals surface area contributed by atoms with Gasteiger partial charge in [0, 0.05) is 18.2 Å². The predicted molar refractivity (Wildman–Crippen MR) is 86.6 cm³/mol. The number of aryl methyl sites for hydroxylation is 1. The lowest BCUT2D eigenvalue weighted by molar-refractivity contribution is 0.195. The van der Waals surface area contributed by atoms with Gasteiger partial charge < -0.3 is 4.98 Å². The number of hydrogen-bond donors (Lipinski definition) is 2. The Morgan fingerprint density at radius 3 is 3.09 bits per heavy atom. The molecule has 3 aromatic rings. The molecule has 1 atom stereocenters. The molecule has 0 bridgehead atoms. The third-order valence-corrected chi connectivity index (χ3v) is 4.54. The summed E-state index contributed by atoms with van der Waals surface area (Å²) in [4.78, 5) is 10.0. The molecule has 1 fully saturated rings. The van der Waals surface area contributed by atoms with Crippen LogP contribution in [0, 0.1) is 12.7 Å². The van der Waals surface area contributed by atoms with Crippen LogP contribution in [-0.4, -0.2) is 38.2 Å². The molecule has 1 aliphatic rings. The van der Waals surface area contributed by atoms with E-state index in [1.54, 1.807) is 6.07 Å². The molecule has 4 rings (SSSR count). The number of likely N-dealkylation sites (tertiary alicyclic amines) is 1. The van der Waals surface area contributed by atoms with Crippen LogP contribution >= 0.6 is 0 Å². The number of benzene rings is 1. The van der Waals surface area contributed by atoms with E-state index in [0.717, 1.165) is 48.7 Å². The first-order valence-corrected chi connectivity index (χ1v) is 8.06. The number of para-hydroxylation sites is 1. The molecule has 120 valence electrons. The minimum Gasteiger partial charge on any atom is -0.341 e. The lowest BCUT2D eigenvalue weighted by atomic mass is 9.94. The molecule has 1 saturated heterocycles. The van der Waals surface area contributed by atoms with Gasteiger partial charge in [-0.15, -0.1) is 0 Å². The van der Waals surface area contributed by atoms with Gasteiger partial charge in [0.1, 0.15) is 11.3 Å². The van der Waals surface area contributed by atoms with Crippen LogP contribution in [0.1, 0.15) is 36.0 Å². The third kappa shape index (κ3) is 2.86. The summed E-state index contributed by atoms with van der Waals surface area (Å²) in [6.45, 7) is 4.75. The van der Waals surface area contributed by atoms with Gasteiger partial charge in [-0.3, -0.25) is 10.00 Å². The fourth-order valence-electron chi connectivity index (χ4n) is 3.42. The largest absolute Gasteiger partial charge is 0.341 e. The standard InChI is InChI=1S/C17H20FN5/c1-11-8-15(22-21-11)12-4-3-7-23(9-12)10-16-19-14-6-2-5-13(18)17(14)20-16/h2,5-6,8,12H,3-4,7,9-10H2,1H3,(H,19,20)(H,21,22)/t12-/m1/s1. The van der Waals surface area contributed by atoms with E-state index in [0.29, 0.717) is 18.0 Å². The van der Waals surface area contributed by atoms with E-state index in [2.05, 4.69) is 31.1 Å². The molecular weight excluding hydrogens is 293 g/mol. The van der Waals surface area contributed by atoms with Gasteiger partial charge in [-0.1, -0.05) is 6.07 Å². The van der Waals surface area contributed by atoms with Crippen molar-refractivity contribution in [2.45, 2.75) is 32.2 Å². The van der Waals surface area contributed by atoms with Crippen molar-refractivity contribution in [1.82, 2.24) is 25.1 Å². The van der Waals surface area contributed by atoms with Crippen LogP contribution < -0.4 is 0 Å². The fraction of sp³-hybridized carbons (Fsp3) is 0.412. The average Bonchev–Trinajstić information content (AvgIpc) is 3.14. The van der Waals surface area contributed by atoms with Crippen molar-refractivity contribution in [3.05, 3.63) is 47.3 Å². The zero-order valence-corrected chi connectivity index (χ0v) is 13.1. The Hall–Kier alpha value is -2.21. The second-order valence-electron chi connectivity index (χ2n) is 6.37. The first-order valence-electron chi connectivity index (χ1n) is 8.06. The Labute approximate surface area is 133 Å². The van der Waals surface area contributed by atoms with Crippen molar-refractivity contribution < 1.29 is 4.39 Å². The van der Waals surface area contributed by atoms with Crippen LogP contribution in [0.5, 0.6) is 0 Å². The molecule has 0 radical (unpaired) electrons. The summed E-state index contributed by atoms with van der Waals surface area (Å²) in [7, 11) is 0. The third-order valence-electron chi connectivity index (χ3n) is 4.54. The summed E-state index contributed by atoms with van der Waals surface area (Å²) in [5.74, 6) is 1.01. The second-order valence-corrected chi connectivity index (χ2v) is 6.37. The van der Waals surface area contributed by atoms with Gasteiger partial charge in [0.15, 0.2) is 5.82 Å². The Morgan fingerprint density at radius 2 is 2.30 bits per heavy atom. The van der Waals surface area contributed by atoms with E-state index in [-0.39, 0.29) is 5.82 Å². The Bertz CT molecular complexity index is 821. The molecule has 1 aromatic carbocycles. The number of piperidine rings is 1. The number of nitrogens with zero attached hydrogens (tertiary/aromatic N) is 3. The maximum Gasteiger partial charge on any atom is 0.151 e. The molecule has 2 aromatic heterocycles. The van der Waals surface area contributed by atoms with E-state index in [1.165, 1.54) is 6.07 Å². The zero-order valence-electron chi connectivity index (χ0n) is 13.1. The highest BCUT2D eigenvalue weighted by Gasteiger charge is 2.24. The van der Waals surface area contributed by atoms with Gasteiger partial charge in [-0.05, 0) is 44.5 Å². The first kappa shape index (κ1) is 14.4. The van der Waals surface area contributed by atoms with Crippen molar-refractivity contribution in [2.24, 2.45) is 0 Å². The molecule has 0 unspecified atom stereocenters. The normalized spacial score (nSPS) is 19.5. The maximum atomic E-state index is 13.8. The molecular formula is C17H20FN5. The Balaban J connectivity index is 1.50. The number of imidazole rings is 1. The molecule has 1 aliphatic heterocycles. The summed E-state index contributed by atoms with van der Waals surface area (Å²) < 4.78 is 13.8. The number of H-pyrrole nitrogens is 2. The predicted octanol–water partition coefficient (Wildman–Crippen LogP) is 3.11. The number of aromatic nitrogens is 4. The number of aromatic amines is 2. The highest BCUT2D eigenvalue weighted by Crippen LogP contribution is 2.27. The van der Waals surface area contributed by atoms with Crippen LogP contribution in [-0.2, 0) is 6.54 Å². The number of halogens is 1. The first-order chi connectivity index (χ1) is 11.2. The summed E-state index contributed by atoms with van der Waals surface area (Å²) in [5, 5.41) is 7.43. The van der Waals surface area contributed by atoms with Crippen LogP contribution in [0.15, 0.2) is 24.3 Å². The molecule has 0 amide bonds. The maximum absolute atomic E-state index is 13.8. The summed E-state index contributed by atoms with van der Waals surface area (Å²) in [5.41, 5.74) is 3.43. The molecule has 0 saturated carbocycles. The van der Waals surface area contributed by atoms with Gasteiger partial charge in [0.2, 0.25) is 0 Å². The van der Waals surface area contributed by atoms with Crippen LogP contribution in [0.4, 0.5) is 4.39 Å². The minimum atomic E-state index is -0.270. The second kappa shape index (κ2) is 5.77. The number of fused-ring (bicyclic) bond motifs is 1. The van der Waals surface area contributed by atoms with Crippen molar-refractivity contribution >= 4 is 11.0 Å². The topological polar surface area (TPSA) is 60.6 Å². The van der Waals surface area contributed by atoms with Crippen LogP contribution in [0.3, 0.4) is 0 Å². The summed E-state index contributed by atoms with van der Waals surface area (Å²) >= 11 is 0. The van der Waals surface area contributed by atoms with E-state index in [4.69, 9.17) is 0 Å². The van der Waals surface area contributed by atoms with Gasteiger partial charge in [-0.2, -0.15) is 5.10 Å².